The molecule has 166 valence electrons. The average molecular weight is 434 g/mol. The molecule has 0 amide bonds. The van der Waals surface area contributed by atoms with E-state index in [0.29, 0.717) is 30.1 Å². The molecular weight excluding hydrogens is 406 g/mol. The molecular formula is C23H27N7O2. The molecule has 6 heterocycles. The van der Waals surface area contributed by atoms with Crippen molar-refractivity contribution in [1.29, 1.82) is 0 Å². The van der Waals surface area contributed by atoms with E-state index in [4.69, 9.17) is 29.4 Å². The zero-order valence-corrected chi connectivity index (χ0v) is 18.2. The minimum Gasteiger partial charge on any atom is -0.377 e. The standard InChI is InChI=1S/C23H27N7O2/c1-14-24-19-4-2-3-5-20(19)28(14)21-25-22(29-15-6-7-16(29)11-31-10-15)27-23(26-21)30-17-8-9-18(30)13-32-12-17/h2-5,15-18H,6-13H2,1H3. The van der Waals surface area contributed by atoms with Gasteiger partial charge >= 0.3 is 0 Å². The van der Waals surface area contributed by atoms with E-state index in [1.807, 2.05) is 25.1 Å². The lowest BCUT2D eigenvalue weighted by atomic mass is 10.2. The minimum atomic E-state index is 0.332. The highest BCUT2D eigenvalue weighted by Gasteiger charge is 2.42. The van der Waals surface area contributed by atoms with Crippen LogP contribution >= 0.6 is 0 Å². The maximum atomic E-state index is 5.82. The molecule has 0 radical (unpaired) electrons. The summed E-state index contributed by atoms with van der Waals surface area (Å²) in [6, 6.07) is 9.49. The Balaban J connectivity index is 1.41. The van der Waals surface area contributed by atoms with E-state index in [2.05, 4.69) is 20.4 Å². The summed E-state index contributed by atoms with van der Waals surface area (Å²) < 4.78 is 13.7. The second kappa shape index (κ2) is 7.11. The van der Waals surface area contributed by atoms with E-state index >= 15 is 0 Å². The van der Waals surface area contributed by atoms with E-state index in [1.54, 1.807) is 0 Å². The summed E-state index contributed by atoms with van der Waals surface area (Å²) in [5.74, 6) is 3.06. The van der Waals surface area contributed by atoms with Gasteiger partial charge < -0.3 is 19.3 Å². The molecule has 0 saturated carbocycles. The summed E-state index contributed by atoms with van der Waals surface area (Å²) in [6.45, 7) is 4.97. The van der Waals surface area contributed by atoms with Crippen molar-refractivity contribution in [3.63, 3.8) is 0 Å². The summed E-state index contributed by atoms with van der Waals surface area (Å²) >= 11 is 0. The largest absolute Gasteiger partial charge is 0.377 e. The van der Waals surface area contributed by atoms with Crippen molar-refractivity contribution in [3.05, 3.63) is 30.1 Å². The Labute approximate surface area is 186 Å². The molecule has 4 unspecified atom stereocenters. The normalized spacial score (nSPS) is 29.3. The molecule has 4 atom stereocenters. The third-order valence-electron chi connectivity index (χ3n) is 7.47. The summed E-state index contributed by atoms with van der Waals surface area (Å²) in [7, 11) is 0. The Bertz CT molecular complexity index is 1100. The Hall–Kier alpha value is -2.78. The summed E-state index contributed by atoms with van der Waals surface area (Å²) in [5, 5.41) is 0. The van der Waals surface area contributed by atoms with Gasteiger partial charge in [-0.15, -0.1) is 0 Å². The van der Waals surface area contributed by atoms with Crippen LogP contribution in [0.25, 0.3) is 17.0 Å². The van der Waals surface area contributed by atoms with Crippen molar-refractivity contribution in [2.75, 3.05) is 36.2 Å². The number of hydrogen-bond acceptors (Lipinski definition) is 8. The first-order chi connectivity index (χ1) is 15.8. The number of ether oxygens (including phenoxy) is 2. The minimum absolute atomic E-state index is 0.332. The van der Waals surface area contributed by atoms with Crippen molar-refractivity contribution < 1.29 is 9.47 Å². The van der Waals surface area contributed by atoms with E-state index in [-0.39, 0.29) is 0 Å². The lowest BCUT2D eigenvalue weighted by Crippen LogP contribution is -2.49. The van der Waals surface area contributed by atoms with Gasteiger partial charge in [0, 0.05) is 0 Å². The summed E-state index contributed by atoms with van der Waals surface area (Å²) in [4.78, 5) is 24.6. The highest BCUT2D eigenvalue weighted by molar-refractivity contribution is 5.77. The quantitative estimate of drug-likeness (QED) is 0.622. The monoisotopic (exact) mass is 433 g/mol. The second-order valence-electron chi connectivity index (χ2n) is 9.38. The molecule has 0 aliphatic carbocycles. The molecule has 4 saturated heterocycles. The molecule has 0 spiro atoms. The topological polar surface area (TPSA) is 81.4 Å². The van der Waals surface area contributed by atoms with Crippen LogP contribution in [-0.4, -0.2) is 75.1 Å². The van der Waals surface area contributed by atoms with Crippen LogP contribution in [0.2, 0.25) is 0 Å². The number of aromatic nitrogens is 5. The first-order valence-electron chi connectivity index (χ1n) is 11.7. The number of morpholine rings is 2. The number of aryl methyl sites for hydroxylation is 1. The van der Waals surface area contributed by atoms with Gasteiger partial charge in [-0.25, -0.2) is 4.98 Å². The molecule has 9 heteroatoms. The Morgan fingerprint density at radius 1 is 0.688 bits per heavy atom. The molecule has 0 N–H and O–H groups in total. The Morgan fingerprint density at radius 2 is 1.19 bits per heavy atom. The number of imidazole rings is 1. The smallest absolute Gasteiger partial charge is 0.242 e. The van der Waals surface area contributed by atoms with Crippen molar-refractivity contribution in [1.82, 2.24) is 24.5 Å². The zero-order valence-electron chi connectivity index (χ0n) is 18.2. The molecule has 4 bridgehead atoms. The van der Waals surface area contributed by atoms with Gasteiger partial charge in [-0.1, -0.05) is 12.1 Å². The lowest BCUT2D eigenvalue weighted by molar-refractivity contribution is 0.0884. The molecule has 4 aliphatic heterocycles. The fourth-order valence-electron chi connectivity index (χ4n) is 5.98. The van der Waals surface area contributed by atoms with Gasteiger partial charge in [0.2, 0.25) is 17.8 Å². The van der Waals surface area contributed by atoms with Crippen molar-refractivity contribution in [3.8, 4) is 5.95 Å². The van der Waals surface area contributed by atoms with Gasteiger partial charge in [0.15, 0.2) is 0 Å². The van der Waals surface area contributed by atoms with Gasteiger partial charge in [-0.2, -0.15) is 15.0 Å². The maximum absolute atomic E-state index is 5.82. The highest BCUT2D eigenvalue weighted by atomic mass is 16.5. The first kappa shape index (κ1) is 18.8. The molecule has 7 rings (SSSR count). The summed E-state index contributed by atoms with van der Waals surface area (Å²) in [5.41, 5.74) is 1.97. The number of rotatable bonds is 3. The van der Waals surface area contributed by atoms with Crippen molar-refractivity contribution in [2.24, 2.45) is 0 Å². The van der Waals surface area contributed by atoms with Gasteiger partial charge in [0.05, 0.1) is 61.6 Å². The third-order valence-corrected chi connectivity index (χ3v) is 7.47. The fourth-order valence-corrected chi connectivity index (χ4v) is 5.98. The summed E-state index contributed by atoms with van der Waals surface area (Å²) in [6.07, 6.45) is 4.49. The number of nitrogens with zero attached hydrogens (tertiary/aromatic N) is 7. The number of hydrogen-bond donors (Lipinski definition) is 0. The average Bonchev–Trinajstić information content (AvgIpc) is 3.37. The Kier molecular flexibility index (Phi) is 4.17. The van der Waals surface area contributed by atoms with E-state index in [1.165, 1.54) is 0 Å². The molecule has 1 aromatic carbocycles. The molecule has 32 heavy (non-hydrogen) atoms. The van der Waals surface area contributed by atoms with Crippen LogP contribution in [0.4, 0.5) is 11.9 Å². The van der Waals surface area contributed by atoms with Crippen LogP contribution < -0.4 is 9.80 Å². The van der Waals surface area contributed by atoms with Crippen molar-refractivity contribution in [2.45, 2.75) is 56.8 Å². The SMILES string of the molecule is Cc1nc2ccccc2n1-c1nc(N2C3CCC2COC3)nc(N2C3CCC2COC3)n1. The van der Waals surface area contributed by atoms with Crippen LogP contribution in [0.15, 0.2) is 24.3 Å². The molecule has 3 aromatic rings. The number of benzene rings is 1. The molecule has 2 aromatic heterocycles. The molecule has 4 fully saturated rings. The van der Waals surface area contributed by atoms with E-state index in [9.17, 15) is 0 Å². The fraction of sp³-hybridized carbons (Fsp3) is 0.565. The second-order valence-corrected chi connectivity index (χ2v) is 9.38. The lowest BCUT2D eigenvalue weighted by Gasteiger charge is -2.37. The van der Waals surface area contributed by atoms with Gasteiger partial charge in [0.1, 0.15) is 5.82 Å². The predicted octanol–water partition coefficient (Wildman–Crippen LogP) is 2.25. The van der Waals surface area contributed by atoms with Gasteiger partial charge in [-0.3, -0.25) is 4.57 Å². The first-order valence-corrected chi connectivity index (χ1v) is 11.7. The number of para-hydroxylation sites is 2. The Morgan fingerprint density at radius 3 is 1.75 bits per heavy atom. The van der Waals surface area contributed by atoms with Gasteiger partial charge in [0.25, 0.3) is 0 Å². The zero-order chi connectivity index (χ0) is 21.2. The third kappa shape index (κ3) is 2.77. The number of fused-ring (bicyclic) bond motifs is 5. The maximum Gasteiger partial charge on any atom is 0.242 e. The molecule has 4 aliphatic rings. The van der Waals surface area contributed by atoms with Crippen molar-refractivity contribution >= 4 is 22.9 Å². The number of anilines is 2. The van der Waals surface area contributed by atoms with Crippen LogP contribution in [0.5, 0.6) is 0 Å². The molecule has 9 nitrogen and oxygen atoms in total. The van der Waals surface area contributed by atoms with Crippen LogP contribution in [-0.2, 0) is 9.47 Å². The van der Waals surface area contributed by atoms with Crippen LogP contribution in [0, 0.1) is 6.92 Å². The predicted molar refractivity (Wildman–Crippen MR) is 119 cm³/mol. The highest BCUT2D eigenvalue weighted by Crippen LogP contribution is 2.36. The van der Waals surface area contributed by atoms with Crippen LogP contribution in [0.3, 0.4) is 0 Å². The van der Waals surface area contributed by atoms with Gasteiger partial charge in [-0.05, 0) is 44.7 Å². The van der Waals surface area contributed by atoms with E-state index in [0.717, 1.165) is 80.9 Å². The van der Waals surface area contributed by atoms with E-state index < -0.39 is 0 Å². The van der Waals surface area contributed by atoms with Crippen LogP contribution in [0.1, 0.15) is 31.5 Å².